The van der Waals surface area contributed by atoms with Gasteiger partial charge in [-0.3, -0.25) is 14.6 Å². The molecule has 0 bridgehead atoms. The van der Waals surface area contributed by atoms with Crippen molar-refractivity contribution >= 4 is 17.0 Å². The molecule has 0 aliphatic rings. The second-order valence-corrected chi connectivity index (χ2v) is 5.85. The van der Waals surface area contributed by atoms with Gasteiger partial charge < -0.3 is 10.3 Å². The predicted octanol–water partition coefficient (Wildman–Crippen LogP) is 1.78. The Morgan fingerprint density at radius 2 is 1.73 bits per heavy atom. The maximum Gasteiger partial charge on any atom is 0.301 e. The second-order valence-electron chi connectivity index (χ2n) is 5.85. The lowest BCUT2D eigenvalue weighted by Crippen LogP contribution is -2.11. The van der Waals surface area contributed by atoms with Crippen LogP contribution in [0.1, 0.15) is 5.56 Å². The molecule has 0 saturated heterocycles. The Bertz CT molecular complexity index is 1210. The summed E-state index contributed by atoms with van der Waals surface area (Å²) >= 11 is 0. The number of imidazole rings is 1. The highest BCUT2D eigenvalue weighted by Crippen LogP contribution is 2.24. The van der Waals surface area contributed by atoms with Crippen molar-refractivity contribution in [1.29, 1.82) is 0 Å². The van der Waals surface area contributed by atoms with Crippen LogP contribution in [0.5, 0.6) is 0 Å². The molecule has 0 amide bonds. The molecule has 0 fully saturated rings. The van der Waals surface area contributed by atoms with Crippen molar-refractivity contribution in [3.05, 3.63) is 87.2 Å². The number of aromatic nitrogens is 4. The quantitative estimate of drug-likeness (QED) is 0.588. The van der Waals surface area contributed by atoms with Gasteiger partial charge in [-0.05, 0) is 16.7 Å². The summed E-state index contributed by atoms with van der Waals surface area (Å²) in [7, 11) is 0. The zero-order valence-corrected chi connectivity index (χ0v) is 13.7. The van der Waals surface area contributed by atoms with Crippen LogP contribution in [0, 0.1) is 0 Å². The molecule has 26 heavy (non-hydrogen) atoms. The minimum Gasteiger partial charge on any atom is -0.369 e. The molecule has 7 nitrogen and oxygen atoms in total. The molecule has 0 radical (unpaired) electrons. The molecule has 3 N–H and O–H groups in total. The van der Waals surface area contributed by atoms with Gasteiger partial charge in [-0.1, -0.05) is 54.6 Å². The van der Waals surface area contributed by atoms with Gasteiger partial charge in [-0.25, -0.2) is 4.98 Å². The van der Waals surface area contributed by atoms with Gasteiger partial charge in [0.25, 0.3) is 5.56 Å². The molecule has 0 saturated carbocycles. The normalized spacial score (nSPS) is 10.9. The highest BCUT2D eigenvalue weighted by molar-refractivity contribution is 5.73. The fraction of sp³-hybridized carbons (Fsp3) is 0.0526. The number of nitrogens with one attached hydrogen (secondary N) is 1. The van der Waals surface area contributed by atoms with Gasteiger partial charge in [0, 0.05) is 6.54 Å². The van der Waals surface area contributed by atoms with Gasteiger partial charge in [0.2, 0.25) is 5.95 Å². The van der Waals surface area contributed by atoms with Crippen LogP contribution in [0.3, 0.4) is 0 Å². The number of rotatable bonds is 3. The minimum absolute atomic E-state index is 0.000132. The number of hydrogen-bond acceptors (Lipinski definition) is 5. The Hall–Kier alpha value is -3.74. The monoisotopic (exact) mass is 345 g/mol. The SMILES string of the molecule is Nc1nc(=O)c2ncn(Cc3ccccc3-c3ccccc3)c2c(=O)[nH]1. The van der Waals surface area contributed by atoms with E-state index in [0.29, 0.717) is 6.54 Å². The highest BCUT2D eigenvalue weighted by atomic mass is 16.1. The van der Waals surface area contributed by atoms with Crippen LogP contribution in [0.2, 0.25) is 0 Å². The zero-order valence-electron chi connectivity index (χ0n) is 13.7. The van der Waals surface area contributed by atoms with E-state index in [1.165, 1.54) is 6.33 Å². The molecule has 2 aromatic carbocycles. The standard InChI is InChI=1S/C19H15N5O2/c20-19-22-17(25)15-16(18(26)23-19)24(11-21-15)10-13-8-4-5-9-14(13)12-6-2-1-3-7-12/h1-9,11H,10H2,(H3,20,22,23,25,26). The number of aromatic amines is 1. The van der Waals surface area contributed by atoms with Gasteiger partial charge in [-0.15, -0.1) is 0 Å². The summed E-state index contributed by atoms with van der Waals surface area (Å²) in [4.78, 5) is 34.6. The van der Waals surface area contributed by atoms with Crippen LogP contribution in [0.15, 0.2) is 70.5 Å². The molecule has 0 atom stereocenters. The zero-order chi connectivity index (χ0) is 18.1. The Labute approximate surface area is 147 Å². The van der Waals surface area contributed by atoms with E-state index in [1.807, 2.05) is 54.6 Å². The molecule has 0 spiro atoms. The number of hydrogen-bond donors (Lipinski definition) is 2. The van der Waals surface area contributed by atoms with Gasteiger partial charge in [0.15, 0.2) is 5.52 Å². The molecule has 0 aliphatic heterocycles. The Morgan fingerprint density at radius 3 is 2.54 bits per heavy atom. The van der Waals surface area contributed by atoms with E-state index in [-0.39, 0.29) is 17.0 Å². The van der Waals surface area contributed by atoms with E-state index in [9.17, 15) is 9.59 Å². The summed E-state index contributed by atoms with van der Waals surface area (Å²) in [6.07, 6.45) is 1.47. The highest BCUT2D eigenvalue weighted by Gasteiger charge is 2.13. The van der Waals surface area contributed by atoms with Crippen LogP contribution >= 0.6 is 0 Å². The number of nitrogens with zero attached hydrogens (tertiary/aromatic N) is 3. The molecule has 4 rings (SSSR count). The lowest BCUT2D eigenvalue weighted by atomic mass is 10.00. The van der Waals surface area contributed by atoms with Crippen LogP contribution < -0.4 is 16.9 Å². The summed E-state index contributed by atoms with van der Waals surface area (Å²) in [6, 6.07) is 17.9. The predicted molar refractivity (Wildman–Crippen MR) is 99.8 cm³/mol. The molecule has 7 heteroatoms. The van der Waals surface area contributed by atoms with Crippen molar-refractivity contribution in [2.75, 3.05) is 5.73 Å². The summed E-state index contributed by atoms with van der Waals surface area (Å²) in [5.74, 6) is -0.228. The van der Waals surface area contributed by atoms with Gasteiger partial charge in [0.05, 0.1) is 6.33 Å². The average molecular weight is 345 g/mol. The van der Waals surface area contributed by atoms with Gasteiger partial charge >= 0.3 is 5.56 Å². The van der Waals surface area contributed by atoms with Crippen LogP contribution in [0.25, 0.3) is 22.2 Å². The lowest BCUT2D eigenvalue weighted by Gasteiger charge is -2.10. The van der Waals surface area contributed by atoms with Crippen molar-refractivity contribution in [1.82, 2.24) is 19.5 Å². The average Bonchev–Trinajstić information content (AvgIpc) is 3.02. The third-order valence-corrected chi connectivity index (χ3v) is 4.16. The summed E-state index contributed by atoms with van der Waals surface area (Å²) in [5.41, 5.74) is 7.66. The van der Waals surface area contributed by atoms with Crippen molar-refractivity contribution in [2.45, 2.75) is 6.54 Å². The van der Waals surface area contributed by atoms with E-state index in [0.717, 1.165) is 16.7 Å². The first kappa shape index (κ1) is 15.8. The number of fused-ring (bicyclic) bond motifs is 1. The van der Waals surface area contributed by atoms with Crippen LogP contribution in [-0.2, 0) is 6.54 Å². The minimum atomic E-state index is -0.633. The smallest absolute Gasteiger partial charge is 0.301 e. The number of anilines is 1. The number of nitrogens with two attached hydrogens (primary N) is 1. The maximum atomic E-state index is 12.4. The molecule has 2 aromatic heterocycles. The van der Waals surface area contributed by atoms with Crippen LogP contribution in [0.4, 0.5) is 5.95 Å². The van der Waals surface area contributed by atoms with E-state index >= 15 is 0 Å². The largest absolute Gasteiger partial charge is 0.369 e. The first-order valence-electron chi connectivity index (χ1n) is 8.02. The molecule has 0 unspecified atom stereocenters. The van der Waals surface area contributed by atoms with Crippen molar-refractivity contribution in [2.24, 2.45) is 0 Å². The van der Waals surface area contributed by atoms with E-state index in [1.54, 1.807) is 4.57 Å². The molecule has 2 heterocycles. The van der Waals surface area contributed by atoms with E-state index in [4.69, 9.17) is 5.73 Å². The molecular formula is C19H15N5O2. The van der Waals surface area contributed by atoms with Crippen molar-refractivity contribution in [3.8, 4) is 11.1 Å². The van der Waals surface area contributed by atoms with Crippen LogP contribution in [-0.4, -0.2) is 19.5 Å². The summed E-state index contributed by atoms with van der Waals surface area (Å²) in [5, 5.41) is 0. The Balaban J connectivity index is 1.88. The summed E-state index contributed by atoms with van der Waals surface area (Å²) < 4.78 is 1.64. The first-order valence-corrected chi connectivity index (χ1v) is 8.02. The third-order valence-electron chi connectivity index (χ3n) is 4.16. The number of benzene rings is 2. The first-order chi connectivity index (χ1) is 12.6. The van der Waals surface area contributed by atoms with Gasteiger partial charge in [0.1, 0.15) is 5.52 Å². The fourth-order valence-corrected chi connectivity index (χ4v) is 3.00. The number of H-pyrrole nitrogens is 1. The topological polar surface area (TPSA) is 107 Å². The lowest BCUT2D eigenvalue weighted by molar-refractivity contribution is 0.821. The fourth-order valence-electron chi connectivity index (χ4n) is 3.00. The molecule has 128 valence electrons. The second kappa shape index (κ2) is 6.29. The number of nitrogen functional groups attached to an aromatic ring is 1. The summed E-state index contributed by atoms with van der Waals surface area (Å²) in [6.45, 7) is 0.383. The van der Waals surface area contributed by atoms with Crippen molar-refractivity contribution in [3.63, 3.8) is 0 Å². The Kier molecular flexibility index (Phi) is 3.81. The molecule has 4 aromatic rings. The molecular weight excluding hydrogens is 330 g/mol. The maximum absolute atomic E-state index is 12.4. The van der Waals surface area contributed by atoms with Crippen molar-refractivity contribution < 1.29 is 0 Å². The molecule has 0 aliphatic carbocycles. The van der Waals surface area contributed by atoms with E-state index in [2.05, 4.69) is 15.0 Å². The third kappa shape index (κ3) is 2.75. The van der Waals surface area contributed by atoms with Gasteiger partial charge in [-0.2, -0.15) is 4.98 Å². The Morgan fingerprint density at radius 1 is 1.00 bits per heavy atom. The van der Waals surface area contributed by atoms with E-state index < -0.39 is 11.1 Å².